The molecule has 0 saturated carbocycles. The number of aliphatic hydroxyl groups is 1. The van der Waals surface area contributed by atoms with Gasteiger partial charge in [0, 0.05) is 12.0 Å². The lowest BCUT2D eigenvalue weighted by molar-refractivity contribution is 0.0985. The van der Waals surface area contributed by atoms with Crippen LogP contribution in [0.25, 0.3) is 0 Å². The highest BCUT2D eigenvalue weighted by Crippen LogP contribution is 2.07. The Morgan fingerprint density at radius 2 is 2.23 bits per heavy atom. The molecule has 0 amide bonds. The quantitative estimate of drug-likeness (QED) is 0.669. The van der Waals surface area contributed by atoms with Crippen molar-refractivity contribution in [2.24, 2.45) is 5.73 Å². The Balaban J connectivity index is 2.82. The van der Waals surface area contributed by atoms with Crippen molar-refractivity contribution in [2.75, 3.05) is 6.54 Å². The van der Waals surface area contributed by atoms with E-state index >= 15 is 0 Å². The van der Waals surface area contributed by atoms with E-state index in [1.54, 1.807) is 24.3 Å². The van der Waals surface area contributed by atoms with Crippen LogP contribution >= 0.6 is 0 Å². The van der Waals surface area contributed by atoms with Gasteiger partial charge in [0.25, 0.3) is 0 Å². The normalized spacial score (nSPS) is 10.0. The number of Topliss-reactive ketones (excluding diaryl/α,β-unsaturated/α-hetero) is 1. The van der Waals surface area contributed by atoms with Gasteiger partial charge in [-0.3, -0.25) is 4.79 Å². The lowest BCUT2D eigenvalue weighted by Gasteiger charge is -2.00. The van der Waals surface area contributed by atoms with Crippen LogP contribution in [0.3, 0.4) is 0 Å². The summed E-state index contributed by atoms with van der Waals surface area (Å²) in [5, 5.41) is 8.84. The minimum Gasteiger partial charge on any atom is -0.392 e. The van der Waals surface area contributed by atoms with Gasteiger partial charge in [-0.15, -0.1) is 0 Å². The first-order valence-corrected chi connectivity index (χ1v) is 4.21. The van der Waals surface area contributed by atoms with E-state index in [0.29, 0.717) is 18.5 Å². The second-order valence-corrected chi connectivity index (χ2v) is 2.82. The van der Waals surface area contributed by atoms with Crippen molar-refractivity contribution in [2.45, 2.75) is 13.0 Å². The Morgan fingerprint density at radius 1 is 1.46 bits per heavy atom. The molecule has 0 fully saturated rings. The molecule has 0 atom stereocenters. The number of nitrogens with two attached hydrogens (primary N) is 1. The smallest absolute Gasteiger partial charge is 0.164 e. The highest BCUT2D eigenvalue weighted by molar-refractivity contribution is 5.96. The SMILES string of the molecule is NCCC(=O)c1cccc(CO)c1. The first-order valence-electron chi connectivity index (χ1n) is 4.21. The number of ketones is 1. The first kappa shape index (κ1) is 9.89. The molecule has 70 valence electrons. The van der Waals surface area contributed by atoms with Crippen LogP contribution in [0.15, 0.2) is 24.3 Å². The van der Waals surface area contributed by atoms with Gasteiger partial charge < -0.3 is 10.8 Å². The van der Waals surface area contributed by atoms with Crippen LogP contribution < -0.4 is 5.73 Å². The maximum Gasteiger partial charge on any atom is 0.164 e. The van der Waals surface area contributed by atoms with Crippen LogP contribution in [0.4, 0.5) is 0 Å². The van der Waals surface area contributed by atoms with Gasteiger partial charge in [-0.05, 0) is 18.2 Å². The minimum absolute atomic E-state index is 0.0257. The van der Waals surface area contributed by atoms with Gasteiger partial charge in [-0.2, -0.15) is 0 Å². The molecule has 0 bridgehead atoms. The molecule has 0 aliphatic rings. The fourth-order valence-corrected chi connectivity index (χ4v) is 1.12. The van der Waals surface area contributed by atoms with Crippen LogP contribution in [-0.2, 0) is 6.61 Å². The molecule has 0 aliphatic carbocycles. The molecule has 3 heteroatoms. The molecule has 0 radical (unpaired) electrons. The van der Waals surface area contributed by atoms with Gasteiger partial charge in [0.1, 0.15) is 0 Å². The van der Waals surface area contributed by atoms with Gasteiger partial charge >= 0.3 is 0 Å². The Bertz CT molecular complexity index is 297. The zero-order valence-corrected chi connectivity index (χ0v) is 7.36. The predicted molar refractivity (Wildman–Crippen MR) is 50.4 cm³/mol. The molecular formula is C10H13NO2. The highest BCUT2D eigenvalue weighted by Gasteiger charge is 2.04. The summed E-state index contributed by atoms with van der Waals surface area (Å²) in [7, 11) is 0. The lowest BCUT2D eigenvalue weighted by atomic mass is 10.1. The van der Waals surface area contributed by atoms with Gasteiger partial charge in [0.2, 0.25) is 0 Å². The van der Waals surface area contributed by atoms with E-state index in [-0.39, 0.29) is 12.4 Å². The Hall–Kier alpha value is -1.19. The lowest BCUT2D eigenvalue weighted by Crippen LogP contribution is -2.08. The summed E-state index contributed by atoms with van der Waals surface area (Å²) in [6, 6.07) is 6.96. The van der Waals surface area contributed by atoms with Crippen LogP contribution in [0, 0.1) is 0 Å². The molecule has 0 spiro atoms. The molecule has 1 aromatic carbocycles. The number of hydrogen-bond acceptors (Lipinski definition) is 3. The van der Waals surface area contributed by atoms with Crippen molar-refractivity contribution in [3.05, 3.63) is 35.4 Å². The van der Waals surface area contributed by atoms with Crippen LogP contribution in [0.5, 0.6) is 0 Å². The molecule has 0 aliphatic heterocycles. The van der Waals surface area contributed by atoms with Crippen LogP contribution in [-0.4, -0.2) is 17.4 Å². The topological polar surface area (TPSA) is 63.3 Å². The molecule has 0 saturated heterocycles. The summed E-state index contributed by atoms with van der Waals surface area (Å²) >= 11 is 0. The van der Waals surface area contributed by atoms with Crippen molar-refractivity contribution in [1.29, 1.82) is 0 Å². The first-order chi connectivity index (χ1) is 6.27. The van der Waals surface area contributed by atoms with E-state index in [0.717, 1.165) is 5.56 Å². The van der Waals surface area contributed by atoms with Gasteiger partial charge in [0.05, 0.1) is 6.61 Å². The van der Waals surface area contributed by atoms with E-state index < -0.39 is 0 Å². The summed E-state index contributed by atoms with van der Waals surface area (Å²) in [5.74, 6) is 0.0257. The highest BCUT2D eigenvalue weighted by atomic mass is 16.3. The van der Waals surface area contributed by atoms with Gasteiger partial charge in [-0.1, -0.05) is 18.2 Å². The number of hydrogen-bond donors (Lipinski definition) is 2. The van der Waals surface area contributed by atoms with Crippen molar-refractivity contribution in [3.63, 3.8) is 0 Å². The average molecular weight is 179 g/mol. The Labute approximate surface area is 77.2 Å². The van der Waals surface area contributed by atoms with E-state index in [1.807, 2.05) is 0 Å². The third kappa shape index (κ3) is 2.65. The number of carbonyl (C=O) groups is 1. The summed E-state index contributed by atoms with van der Waals surface area (Å²) in [6.07, 6.45) is 0.356. The van der Waals surface area contributed by atoms with Crippen LogP contribution in [0.2, 0.25) is 0 Å². The van der Waals surface area contributed by atoms with E-state index in [1.165, 1.54) is 0 Å². The third-order valence-corrected chi connectivity index (χ3v) is 1.80. The maximum absolute atomic E-state index is 11.4. The van der Waals surface area contributed by atoms with E-state index in [2.05, 4.69) is 0 Å². The maximum atomic E-state index is 11.4. The molecule has 1 aromatic rings. The van der Waals surface area contributed by atoms with Gasteiger partial charge in [0.15, 0.2) is 5.78 Å². The van der Waals surface area contributed by atoms with E-state index in [4.69, 9.17) is 10.8 Å². The molecule has 13 heavy (non-hydrogen) atoms. The third-order valence-electron chi connectivity index (χ3n) is 1.80. The van der Waals surface area contributed by atoms with Crippen molar-refractivity contribution in [1.82, 2.24) is 0 Å². The molecule has 3 nitrogen and oxygen atoms in total. The summed E-state index contributed by atoms with van der Waals surface area (Å²) in [6.45, 7) is 0.325. The number of carbonyl (C=O) groups excluding carboxylic acids is 1. The fourth-order valence-electron chi connectivity index (χ4n) is 1.12. The summed E-state index contributed by atoms with van der Waals surface area (Å²) < 4.78 is 0. The average Bonchev–Trinajstić information content (AvgIpc) is 2.18. The van der Waals surface area contributed by atoms with Crippen molar-refractivity contribution >= 4 is 5.78 Å². The second-order valence-electron chi connectivity index (χ2n) is 2.82. The largest absolute Gasteiger partial charge is 0.392 e. The summed E-state index contributed by atoms with van der Waals surface area (Å²) in [5.41, 5.74) is 6.64. The zero-order chi connectivity index (χ0) is 9.68. The van der Waals surface area contributed by atoms with Crippen molar-refractivity contribution in [3.8, 4) is 0 Å². The molecule has 0 aromatic heterocycles. The molecule has 0 unspecified atom stereocenters. The minimum atomic E-state index is -0.0380. The molecular weight excluding hydrogens is 166 g/mol. The number of benzene rings is 1. The zero-order valence-electron chi connectivity index (χ0n) is 7.36. The number of aliphatic hydroxyl groups excluding tert-OH is 1. The molecule has 0 heterocycles. The van der Waals surface area contributed by atoms with E-state index in [9.17, 15) is 4.79 Å². The molecule has 3 N–H and O–H groups in total. The predicted octanol–water partition coefficient (Wildman–Crippen LogP) is 0.710. The van der Waals surface area contributed by atoms with Crippen LogP contribution in [0.1, 0.15) is 22.3 Å². The molecule has 1 rings (SSSR count). The second kappa shape index (κ2) is 4.74. The fraction of sp³-hybridized carbons (Fsp3) is 0.300. The standard InChI is InChI=1S/C10H13NO2/c11-5-4-10(13)9-3-1-2-8(6-9)7-12/h1-3,6,12H,4-5,7,11H2. The Morgan fingerprint density at radius 3 is 2.85 bits per heavy atom. The Kier molecular flexibility index (Phi) is 3.61. The monoisotopic (exact) mass is 179 g/mol. The summed E-state index contributed by atoms with van der Waals surface area (Å²) in [4.78, 5) is 11.4. The number of rotatable bonds is 4. The van der Waals surface area contributed by atoms with Crippen molar-refractivity contribution < 1.29 is 9.90 Å². The van der Waals surface area contributed by atoms with Gasteiger partial charge in [-0.25, -0.2) is 0 Å².